The van der Waals surface area contributed by atoms with Crippen LogP contribution in [0.4, 0.5) is 0 Å². The molecule has 0 aromatic carbocycles. The molecule has 0 bridgehead atoms. The van der Waals surface area contributed by atoms with Crippen LogP contribution in [0, 0.1) is 5.92 Å². The van der Waals surface area contributed by atoms with Gasteiger partial charge in [0.2, 0.25) is 0 Å². The van der Waals surface area contributed by atoms with Gasteiger partial charge in [-0.2, -0.15) is 0 Å². The predicted octanol–water partition coefficient (Wildman–Crippen LogP) is 2.73. The maximum absolute atomic E-state index is 13.2. The molecule has 0 aromatic rings. The molecular weight excluding hydrogens is 968 g/mol. The molecule has 24 heteroatoms. The minimum Gasteiger partial charge on any atom is -0.469 e. The molecule has 0 N–H and O–H groups in total. The predicted molar refractivity (Wildman–Crippen MR) is 229 cm³/mol. The quantitative estimate of drug-likeness (QED) is 0.0471. The van der Waals surface area contributed by atoms with E-state index in [1.807, 2.05) is 0 Å². The second-order valence-electron chi connectivity index (χ2n) is 15.8. The van der Waals surface area contributed by atoms with Gasteiger partial charge >= 0.3 is 47.8 Å². The van der Waals surface area contributed by atoms with Gasteiger partial charge in [0.15, 0.2) is 52.9 Å². The van der Waals surface area contributed by atoms with Crippen LogP contribution < -0.4 is 0 Å². The minimum absolute atomic E-state index is 0.0666. The van der Waals surface area contributed by atoms with Crippen LogP contribution >= 0.6 is 15.9 Å². The van der Waals surface area contributed by atoms with Crippen LogP contribution in [-0.4, -0.2) is 161 Å². The lowest BCUT2D eigenvalue weighted by atomic mass is 9.96. The molecule has 0 aromatic heterocycles. The lowest BCUT2D eigenvalue weighted by Gasteiger charge is -2.48. The Morgan fingerprint density at radius 3 is 1.41 bits per heavy atom. The number of ether oxygens (including phenoxy) is 12. The van der Waals surface area contributed by atoms with Crippen molar-refractivity contribution in [1.82, 2.24) is 0 Å². The summed E-state index contributed by atoms with van der Waals surface area (Å²) in [6, 6.07) is 0. The highest BCUT2D eigenvalue weighted by Gasteiger charge is 2.57. The molecule has 11 atom stereocenters. The molecule has 2 heterocycles. The summed E-state index contributed by atoms with van der Waals surface area (Å²) in [5, 5.41) is 0.159. The molecular formula is C42H65BrO22S. The largest absolute Gasteiger partial charge is 0.469 e. The van der Waals surface area contributed by atoms with E-state index in [0.29, 0.717) is 19.3 Å². The average molecular weight is 1030 g/mol. The third kappa shape index (κ3) is 21.8. The molecule has 0 amide bonds. The Bertz CT molecular complexity index is 1720. The molecule has 2 aliphatic rings. The van der Waals surface area contributed by atoms with Crippen molar-refractivity contribution in [2.45, 2.75) is 168 Å². The first-order valence-corrected chi connectivity index (χ1v) is 24.6. The summed E-state index contributed by atoms with van der Waals surface area (Å²) >= 11 is 3.35. The molecule has 0 saturated carbocycles. The summed E-state index contributed by atoms with van der Waals surface area (Å²) < 4.78 is 94.0. The number of carbonyl (C=O) groups excluding carboxylic acids is 8. The number of methoxy groups -OCH3 is 1. The smallest absolute Gasteiger partial charge is 0.305 e. The van der Waals surface area contributed by atoms with Crippen molar-refractivity contribution < 1.29 is 104 Å². The van der Waals surface area contributed by atoms with Crippen molar-refractivity contribution >= 4 is 73.5 Å². The maximum Gasteiger partial charge on any atom is 0.305 e. The zero-order valence-corrected chi connectivity index (χ0v) is 41.1. The standard InChI is InChI=1S/C42H65BrO22S/c1-24(44)55-21-32-35(58-26(3)46)37(59-27(4)47)40(62-30(7)50)42(64-32)65-36-33(22-56-25(2)45)63-41(39(61-29(6)49)38(36)60-28(5)48)57-20-31(19-43)23-66(52,53)18-16-14-12-10-9-11-13-15-17-34(51)54-8/h31-33,35-42H,9-23H2,1-8H3/t31?,32-,33-,35+,36-,37+,38+,39-,40-,41-,42+/m1/s1. The number of hydrogen-bond acceptors (Lipinski definition) is 22. The van der Waals surface area contributed by atoms with Crippen molar-refractivity contribution in [3.05, 3.63) is 0 Å². The van der Waals surface area contributed by atoms with E-state index in [9.17, 15) is 46.8 Å². The third-order valence-electron chi connectivity index (χ3n) is 9.90. The van der Waals surface area contributed by atoms with E-state index >= 15 is 0 Å². The molecule has 0 spiro atoms. The summed E-state index contributed by atoms with van der Waals surface area (Å²) in [5.41, 5.74) is 0. The van der Waals surface area contributed by atoms with Crippen LogP contribution in [0.15, 0.2) is 0 Å². The molecule has 66 heavy (non-hydrogen) atoms. The average Bonchev–Trinajstić information content (AvgIpc) is 3.21. The van der Waals surface area contributed by atoms with Crippen molar-refractivity contribution in [3.8, 4) is 0 Å². The monoisotopic (exact) mass is 1030 g/mol. The number of carbonyl (C=O) groups is 8. The van der Waals surface area contributed by atoms with Gasteiger partial charge in [0.1, 0.15) is 31.5 Å². The third-order valence-corrected chi connectivity index (χ3v) is 12.7. The topological polar surface area (TPSA) is 281 Å². The first kappa shape index (κ1) is 58.2. The van der Waals surface area contributed by atoms with Crippen molar-refractivity contribution in [2.75, 3.05) is 43.8 Å². The van der Waals surface area contributed by atoms with Gasteiger partial charge in [-0.15, -0.1) is 0 Å². The molecule has 378 valence electrons. The number of unbranched alkanes of at least 4 members (excludes halogenated alkanes) is 7. The van der Waals surface area contributed by atoms with E-state index in [4.69, 9.17) is 52.1 Å². The van der Waals surface area contributed by atoms with E-state index in [2.05, 4.69) is 20.7 Å². The fraction of sp³-hybridized carbons (Fsp3) is 0.810. The lowest BCUT2D eigenvalue weighted by Crippen LogP contribution is -2.67. The Balaban J connectivity index is 2.41. The van der Waals surface area contributed by atoms with Crippen molar-refractivity contribution in [1.29, 1.82) is 0 Å². The zero-order valence-electron chi connectivity index (χ0n) is 38.7. The van der Waals surface area contributed by atoms with E-state index in [0.717, 1.165) is 87.0 Å². The number of rotatable bonds is 28. The molecule has 2 rings (SSSR count). The summed E-state index contributed by atoms with van der Waals surface area (Å²) in [6.45, 7) is 5.80. The van der Waals surface area contributed by atoms with E-state index in [-0.39, 0.29) is 29.4 Å². The summed E-state index contributed by atoms with van der Waals surface area (Å²) in [6.07, 6.45) is -9.47. The molecule has 2 saturated heterocycles. The van der Waals surface area contributed by atoms with E-state index in [1.165, 1.54) is 7.11 Å². The first-order valence-electron chi connectivity index (χ1n) is 21.6. The Morgan fingerprint density at radius 2 is 0.939 bits per heavy atom. The normalized spacial score (nSPS) is 25.6. The number of alkyl halides is 1. The molecule has 2 aliphatic heterocycles. The van der Waals surface area contributed by atoms with Crippen LogP contribution in [0.25, 0.3) is 0 Å². The molecule has 22 nitrogen and oxygen atoms in total. The fourth-order valence-electron chi connectivity index (χ4n) is 7.17. The van der Waals surface area contributed by atoms with Crippen LogP contribution in [0.1, 0.15) is 106 Å². The Hall–Kier alpha value is -3.97. The van der Waals surface area contributed by atoms with E-state index < -0.39 is 132 Å². The van der Waals surface area contributed by atoms with Crippen molar-refractivity contribution in [3.63, 3.8) is 0 Å². The molecule has 0 aliphatic carbocycles. The summed E-state index contributed by atoms with van der Waals surface area (Å²) in [5.74, 6) is -7.41. The van der Waals surface area contributed by atoms with Gasteiger partial charge < -0.3 is 56.8 Å². The van der Waals surface area contributed by atoms with Gasteiger partial charge in [-0.3, -0.25) is 38.4 Å². The van der Waals surface area contributed by atoms with Crippen LogP contribution in [0.3, 0.4) is 0 Å². The molecule has 2 fully saturated rings. The number of halogens is 1. The van der Waals surface area contributed by atoms with Crippen LogP contribution in [-0.2, 0) is 105 Å². The first-order chi connectivity index (χ1) is 31.1. The number of esters is 8. The van der Waals surface area contributed by atoms with Crippen molar-refractivity contribution in [2.24, 2.45) is 5.92 Å². The highest BCUT2D eigenvalue weighted by Crippen LogP contribution is 2.36. The Kier molecular flexibility index (Phi) is 26.2. The SMILES string of the molecule is COC(=O)CCCCCCCCCCS(=O)(=O)CC(CBr)CO[C@@H]1O[C@H](COC(C)=O)[C@@H](O[C@@H]2O[C@H](COC(C)=O)[C@H](OC(C)=O)[C@H](OC(C)=O)[C@H]2OC(C)=O)[C@H](OC(C)=O)[C@H]1OC(C)=O. The molecule has 1 unspecified atom stereocenters. The summed E-state index contributed by atoms with van der Waals surface area (Å²) in [4.78, 5) is 97.9. The minimum atomic E-state index is -3.59. The van der Waals surface area contributed by atoms with Gasteiger partial charge in [0.25, 0.3) is 0 Å². The van der Waals surface area contributed by atoms with Gasteiger partial charge in [-0.1, -0.05) is 54.5 Å². The maximum atomic E-state index is 13.2. The number of sulfone groups is 1. The second-order valence-corrected chi connectivity index (χ2v) is 18.7. The Labute approximate surface area is 393 Å². The zero-order chi connectivity index (χ0) is 49.6. The highest BCUT2D eigenvalue weighted by molar-refractivity contribution is 9.09. The van der Waals surface area contributed by atoms with Gasteiger partial charge in [-0.05, 0) is 12.8 Å². The number of hydrogen-bond donors (Lipinski definition) is 0. The van der Waals surface area contributed by atoms with Gasteiger partial charge in [-0.25, -0.2) is 8.42 Å². The fourth-order valence-corrected chi connectivity index (χ4v) is 9.63. The van der Waals surface area contributed by atoms with Crippen LogP contribution in [0.2, 0.25) is 0 Å². The van der Waals surface area contributed by atoms with E-state index in [1.54, 1.807) is 0 Å². The molecule has 0 radical (unpaired) electrons. The van der Waals surface area contributed by atoms with Gasteiger partial charge in [0, 0.05) is 66.1 Å². The second kappa shape index (κ2) is 29.7. The summed E-state index contributed by atoms with van der Waals surface area (Å²) in [7, 11) is -2.23. The Morgan fingerprint density at radius 1 is 0.530 bits per heavy atom. The highest BCUT2D eigenvalue weighted by atomic mass is 79.9. The lowest BCUT2D eigenvalue weighted by molar-refractivity contribution is -0.361. The van der Waals surface area contributed by atoms with Crippen LogP contribution in [0.5, 0.6) is 0 Å². The van der Waals surface area contributed by atoms with Gasteiger partial charge in [0.05, 0.1) is 25.2 Å².